The highest BCUT2D eigenvalue weighted by Crippen LogP contribution is 2.51. The average Bonchev–Trinajstić information content (AvgIpc) is 0.878. The van der Waals surface area contributed by atoms with Gasteiger partial charge < -0.3 is 23.5 Å². The Morgan fingerprint density at radius 2 is 0.740 bits per heavy atom. The summed E-state index contributed by atoms with van der Waals surface area (Å²) in [6.45, 7) is 6.61. The SMILES string of the molecule is CC(C)(C)c1ccc2c(c1)c1cc(C#N)ccc1n2-c1ccc2c(c1)N(c1ccccc1-c1ccccc1)c1cccc3c1B2c1ccc(-c2cccc(-n4c5ccccc5c5ccccc54)c2-n2c4ccccc4c4ccccc42)cc1N3c1ccccc1-c1ccccc1. The van der Waals surface area contributed by atoms with Gasteiger partial charge in [-0.2, -0.15) is 5.26 Å². The molecule has 0 unspecified atom stereocenters. The number of benzene rings is 14. The van der Waals surface area contributed by atoms with E-state index in [9.17, 15) is 5.26 Å². The Bertz CT molecular complexity index is 6010. The molecule has 0 bridgehead atoms. The predicted molar refractivity (Wildman–Crippen MR) is 403 cm³/mol. The molecule has 450 valence electrons. The summed E-state index contributed by atoms with van der Waals surface area (Å²) in [7, 11) is 0. The van der Waals surface area contributed by atoms with E-state index in [-0.39, 0.29) is 12.1 Å². The van der Waals surface area contributed by atoms with Crippen molar-refractivity contribution in [3.63, 3.8) is 0 Å². The van der Waals surface area contributed by atoms with Crippen molar-refractivity contribution in [2.75, 3.05) is 9.80 Å². The highest BCUT2D eigenvalue weighted by molar-refractivity contribution is 7.00. The van der Waals surface area contributed by atoms with E-state index in [4.69, 9.17) is 0 Å². The molecule has 19 rings (SSSR count). The lowest BCUT2D eigenvalue weighted by molar-refractivity contribution is 0.591. The summed E-state index contributed by atoms with van der Waals surface area (Å²) in [6.07, 6.45) is 0. The molecule has 7 heteroatoms. The molecular formula is C89H61BN6. The summed E-state index contributed by atoms with van der Waals surface area (Å²) < 4.78 is 7.44. The number of hydrogen-bond acceptors (Lipinski definition) is 3. The van der Waals surface area contributed by atoms with Crippen LogP contribution in [0.5, 0.6) is 0 Å². The van der Waals surface area contributed by atoms with Crippen LogP contribution in [0.4, 0.5) is 34.1 Å². The Balaban J connectivity index is 0.908. The summed E-state index contributed by atoms with van der Waals surface area (Å²) in [6, 6.07) is 119. The van der Waals surface area contributed by atoms with Gasteiger partial charge in [0.25, 0.3) is 6.71 Å². The first-order chi connectivity index (χ1) is 47.3. The van der Waals surface area contributed by atoms with E-state index in [1.54, 1.807) is 0 Å². The van der Waals surface area contributed by atoms with Gasteiger partial charge in [0.05, 0.1) is 67.5 Å². The van der Waals surface area contributed by atoms with Crippen molar-refractivity contribution >= 4 is 123 Å². The smallest absolute Gasteiger partial charge is 0.252 e. The van der Waals surface area contributed by atoms with Crippen LogP contribution in [-0.4, -0.2) is 20.4 Å². The molecule has 6 nitrogen and oxygen atoms in total. The monoisotopic (exact) mass is 1220 g/mol. The Kier molecular flexibility index (Phi) is 12.3. The van der Waals surface area contributed by atoms with Gasteiger partial charge in [-0.1, -0.05) is 233 Å². The molecule has 0 fully saturated rings. The fourth-order valence-corrected chi connectivity index (χ4v) is 16.2. The largest absolute Gasteiger partial charge is 0.311 e. The van der Waals surface area contributed by atoms with Gasteiger partial charge in [0.2, 0.25) is 0 Å². The zero-order chi connectivity index (χ0) is 63.9. The van der Waals surface area contributed by atoms with E-state index in [1.165, 1.54) is 43.5 Å². The molecule has 17 aromatic rings. The predicted octanol–water partition coefficient (Wildman–Crippen LogP) is 21.2. The van der Waals surface area contributed by atoms with Crippen molar-refractivity contribution < 1.29 is 0 Å². The minimum Gasteiger partial charge on any atom is -0.311 e. The van der Waals surface area contributed by atoms with Gasteiger partial charge in [-0.05, 0) is 147 Å². The normalized spacial score (nSPS) is 12.7. The molecule has 0 spiro atoms. The summed E-state index contributed by atoms with van der Waals surface area (Å²) in [5, 5.41) is 17.4. The molecule has 0 saturated carbocycles. The third kappa shape index (κ3) is 8.25. The van der Waals surface area contributed by atoms with Crippen molar-refractivity contribution in [1.29, 1.82) is 5.26 Å². The van der Waals surface area contributed by atoms with Crippen molar-refractivity contribution in [3.8, 4) is 56.5 Å². The molecule has 5 heterocycles. The lowest BCUT2D eigenvalue weighted by Gasteiger charge is -2.45. The van der Waals surface area contributed by atoms with E-state index in [2.05, 4.69) is 360 Å². The van der Waals surface area contributed by atoms with Crippen LogP contribution in [0.15, 0.2) is 315 Å². The zero-order valence-corrected chi connectivity index (χ0v) is 53.3. The van der Waals surface area contributed by atoms with Gasteiger partial charge in [-0.3, -0.25) is 0 Å². The highest BCUT2D eigenvalue weighted by Gasteiger charge is 2.44. The number of nitriles is 1. The molecule has 2 aliphatic rings. The van der Waals surface area contributed by atoms with Crippen LogP contribution in [-0.2, 0) is 5.41 Å². The quantitative estimate of drug-likeness (QED) is 0.142. The minimum atomic E-state index is -0.198. The van der Waals surface area contributed by atoms with E-state index in [0.717, 1.165) is 128 Å². The van der Waals surface area contributed by atoms with Crippen LogP contribution in [0.1, 0.15) is 31.9 Å². The van der Waals surface area contributed by atoms with E-state index >= 15 is 0 Å². The fraction of sp³-hybridized carbons (Fsp3) is 0.0449. The molecule has 2 aliphatic heterocycles. The summed E-state index contributed by atoms with van der Waals surface area (Å²) in [5.41, 5.74) is 28.8. The maximum Gasteiger partial charge on any atom is 0.252 e. The van der Waals surface area contributed by atoms with Gasteiger partial charge in [0, 0.05) is 77.4 Å². The fourth-order valence-electron chi connectivity index (χ4n) is 16.2. The van der Waals surface area contributed by atoms with Crippen LogP contribution in [0, 0.1) is 11.3 Å². The number of nitrogens with zero attached hydrogens (tertiary/aromatic N) is 6. The van der Waals surface area contributed by atoms with Gasteiger partial charge in [0.15, 0.2) is 0 Å². The summed E-state index contributed by atoms with van der Waals surface area (Å²) >= 11 is 0. The number of anilines is 6. The Hall–Kier alpha value is -12.4. The first kappa shape index (κ1) is 55.3. The second kappa shape index (κ2) is 21.3. The molecule has 3 aromatic heterocycles. The van der Waals surface area contributed by atoms with Crippen LogP contribution in [0.2, 0.25) is 0 Å². The topological polar surface area (TPSA) is 45.1 Å². The summed E-state index contributed by atoms with van der Waals surface area (Å²) in [4.78, 5) is 5.13. The average molecular weight is 1230 g/mol. The van der Waals surface area contributed by atoms with E-state index in [0.29, 0.717) is 5.56 Å². The minimum absolute atomic E-state index is 0.0808. The number of para-hydroxylation sites is 7. The van der Waals surface area contributed by atoms with E-state index < -0.39 is 0 Å². The van der Waals surface area contributed by atoms with Crippen molar-refractivity contribution in [2.45, 2.75) is 26.2 Å². The maximum absolute atomic E-state index is 10.4. The van der Waals surface area contributed by atoms with E-state index in [1.807, 2.05) is 6.07 Å². The van der Waals surface area contributed by atoms with Gasteiger partial charge >= 0.3 is 0 Å². The third-order valence-electron chi connectivity index (χ3n) is 20.4. The lowest BCUT2D eigenvalue weighted by Crippen LogP contribution is -2.61. The van der Waals surface area contributed by atoms with Crippen molar-refractivity contribution in [3.05, 3.63) is 327 Å². The van der Waals surface area contributed by atoms with Gasteiger partial charge in [0.1, 0.15) is 0 Å². The lowest BCUT2D eigenvalue weighted by atomic mass is 9.33. The standard InChI is InChI=1S/C89H61BN6/c1-89(2,3)61-46-51-81-71(54-61)70-52-57(56-91)44-50-80(70)92(81)62-47-49-73-86(55-62)95(75-36-17-11-29-64(75)59-26-8-5-9-27-59)83-42-23-41-82-87(83)90(73)72-48-45-60(53-85(72)94(82)74-35-16-10-28-63(74)58-24-6-4-7-25-58)65-34-22-43-84(93-76-37-18-12-30-66(76)67-31-13-19-38-77(67)93)88(65)96-78-39-20-14-32-68(78)69-33-15-21-40-79(69)96/h4-55H,1-3H3. The molecule has 14 aromatic carbocycles. The van der Waals surface area contributed by atoms with Crippen LogP contribution in [0.25, 0.3) is 116 Å². The zero-order valence-electron chi connectivity index (χ0n) is 53.3. The molecule has 96 heavy (non-hydrogen) atoms. The second-order valence-electron chi connectivity index (χ2n) is 26.7. The second-order valence-corrected chi connectivity index (χ2v) is 26.7. The molecular weight excluding hydrogens is 1160 g/mol. The molecule has 0 atom stereocenters. The van der Waals surface area contributed by atoms with Gasteiger partial charge in [-0.15, -0.1) is 0 Å². The number of hydrogen-bond donors (Lipinski definition) is 0. The van der Waals surface area contributed by atoms with Gasteiger partial charge in [-0.25, -0.2) is 0 Å². The highest BCUT2D eigenvalue weighted by atomic mass is 15.2. The molecule has 0 amide bonds. The van der Waals surface area contributed by atoms with Crippen LogP contribution < -0.4 is 26.2 Å². The molecule has 0 N–H and O–H groups in total. The van der Waals surface area contributed by atoms with Crippen LogP contribution >= 0.6 is 0 Å². The van der Waals surface area contributed by atoms with Crippen molar-refractivity contribution in [2.24, 2.45) is 0 Å². The number of rotatable bonds is 8. The third-order valence-corrected chi connectivity index (χ3v) is 20.4. The molecule has 0 radical (unpaired) electrons. The summed E-state index contributed by atoms with van der Waals surface area (Å²) in [5.74, 6) is 0. The Morgan fingerprint density at radius 3 is 1.30 bits per heavy atom. The van der Waals surface area contributed by atoms with Crippen molar-refractivity contribution in [1.82, 2.24) is 13.7 Å². The maximum atomic E-state index is 10.4. The molecule has 0 saturated heterocycles. The Labute approximate surface area is 557 Å². The first-order valence-electron chi connectivity index (χ1n) is 33.2. The first-order valence-corrected chi connectivity index (χ1v) is 33.2. The number of fused-ring (bicyclic) bond motifs is 13. The Morgan fingerprint density at radius 1 is 0.302 bits per heavy atom. The number of aromatic nitrogens is 3. The van der Waals surface area contributed by atoms with Crippen LogP contribution in [0.3, 0.4) is 0 Å². The molecule has 0 aliphatic carbocycles.